The van der Waals surface area contributed by atoms with Crippen LogP contribution >= 0.6 is 0 Å². The van der Waals surface area contributed by atoms with Crippen LogP contribution in [0.25, 0.3) is 0 Å². The van der Waals surface area contributed by atoms with E-state index in [2.05, 4.69) is 5.32 Å². The zero-order valence-corrected chi connectivity index (χ0v) is 12.1. The summed E-state index contributed by atoms with van der Waals surface area (Å²) in [4.78, 5) is 13.5. The van der Waals surface area contributed by atoms with Crippen molar-refractivity contribution in [3.05, 3.63) is 35.1 Å². The molecular weight excluding hydrogens is 257 g/mol. The summed E-state index contributed by atoms with van der Waals surface area (Å²) in [5.74, 6) is -0.455. The third-order valence-electron chi connectivity index (χ3n) is 3.04. The summed E-state index contributed by atoms with van der Waals surface area (Å²) >= 11 is 0. The van der Waals surface area contributed by atoms with Crippen LogP contribution in [0.15, 0.2) is 18.2 Å². The molecule has 0 spiro atoms. The lowest BCUT2D eigenvalue weighted by atomic mass is 10.1. The standard InChI is InChI=1S/C15H20FN3O/c1-4-18-11(2)7-15(20)19(3)10-13-8-12(9-17)5-6-14(13)16/h5-6,8,11,18H,4,7,10H2,1-3H3. The zero-order valence-electron chi connectivity index (χ0n) is 12.1. The van der Waals surface area contributed by atoms with Crippen LogP contribution in [0.4, 0.5) is 4.39 Å². The van der Waals surface area contributed by atoms with Crippen molar-refractivity contribution in [2.75, 3.05) is 13.6 Å². The molecule has 0 bridgehead atoms. The van der Waals surface area contributed by atoms with Crippen LogP contribution in [0, 0.1) is 17.1 Å². The summed E-state index contributed by atoms with van der Waals surface area (Å²) in [5, 5.41) is 12.0. The van der Waals surface area contributed by atoms with E-state index in [4.69, 9.17) is 5.26 Å². The van der Waals surface area contributed by atoms with E-state index in [1.807, 2.05) is 19.9 Å². The average molecular weight is 277 g/mol. The Bertz CT molecular complexity index is 510. The third kappa shape index (κ3) is 4.63. The maximum Gasteiger partial charge on any atom is 0.224 e. The first-order valence-corrected chi connectivity index (χ1v) is 6.63. The Morgan fingerprint density at radius 2 is 2.25 bits per heavy atom. The lowest BCUT2D eigenvalue weighted by Crippen LogP contribution is -2.34. The second kappa shape index (κ2) is 7.61. The average Bonchev–Trinajstić information content (AvgIpc) is 2.41. The molecular formula is C15H20FN3O. The van der Waals surface area contributed by atoms with Crippen LogP contribution in [0.1, 0.15) is 31.4 Å². The van der Waals surface area contributed by atoms with E-state index in [1.54, 1.807) is 7.05 Å². The van der Waals surface area contributed by atoms with Gasteiger partial charge in [0.05, 0.1) is 11.6 Å². The van der Waals surface area contributed by atoms with Crippen molar-refractivity contribution < 1.29 is 9.18 Å². The van der Waals surface area contributed by atoms with E-state index >= 15 is 0 Å². The first-order valence-electron chi connectivity index (χ1n) is 6.63. The molecule has 20 heavy (non-hydrogen) atoms. The summed E-state index contributed by atoms with van der Waals surface area (Å²) in [6.07, 6.45) is 0.365. The number of nitrogens with zero attached hydrogens (tertiary/aromatic N) is 2. The van der Waals surface area contributed by atoms with Crippen molar-refractivity contribution in [3.8, 4) is 6.07 Å². The Balaban J connectivity index is 2.68. The first kappa shape index (κ1) is 16.1. The van der Waals surface area contributed by atoms with Gasteiger partial charge in [0.15, 0.2) is 0 Å². The van der Waals surface area contributed by atoms with Gasteiger partial charge in [-0.25, -0.2) is 4.39 Å². The largest absolute Gasteiger partial charge is 0.341 e. The van der Waals surface area contributed by atoms with Crippen LogP contribution in [0.2, 0.25) is 0 Å². The minimum Gasteiger partial charge on any atom is -0.341 e. The SMILES string of the molecule is CCNC(C)CC(=O)N(C)Cc1cc(C#N)ccc1F. The summed E-state index contributed by atoms with van der Waals surface area (Å²) in [5.41, 5.74) is 0.749. The molecule has 1 rings (SSSR count). The van der Waals surface area contributed by atoms with E-state index in [0.717, 1.165) is 6.54 Å². The van der Waals surface area contributed by atoms with E-state index in [9.17, 15) is 9.18 Å². The fourth-order valence-corrected chi connectivity index (χ4v) is 1.95. The first-order chi connectivity index (χ1) is 9.47. The third-order valence-corrected chi connectivity index (χ3v) is 3.04. The minimum atomic E-state index is -0.400. The Morgan fingerprint density at radius 3 is 2.85 bits per heavy atom. The molecule has 0 aliphatic carbocycles. The van der Waals surface area contributed by atoms with E-state index in [0.29, 0.717) is 17.5 Å². The van der Waals surface area contributed by atoms with Gasteiger partial charge in [0.25, 0.3) is 0 Å². The smallest absolute Gasteiger partial charge is 0.224 e. The maximum atomic E-state index is 13.7. The summed E-state index contributed by atoms with van der Waals surface area (Å²) in [7, 11) is 1.64. The number of carbonyl (C=O) groups excluding carboxylic acids is 1. The van der Waals surface area contributed by atoms with E-state index < -0.39 is 5.82 Å². The number of hydrogen-bond donors (Lipinski definition) is 1. The van der Waals surface area contributed by atoms with Crippen molar-refractivity contribution in [2.45, 2.75) is 32.9 Å². The van der Waals surface area contributed by atoms with Crippen molar-refractivity contribution in [3.63, 3.8) is 0 Å². The Kier molecular flexibility index (Phi) is 6.13. The van der Waals surface area contributed by atoms with Gasteiger partial charge in [0.1, 0.15) is 5.82 Å². The summed E-state index contributed by atoms with van der Waals surface area (Å²) < 4.78 is 13.7. The molecule has 108 valence electrons. The van der Waals surface area contributed by atoms with Gasteiger partial charge >= 0.3 is 0 Å². The van der Waals surface area contributed by atoms with Crippen LogP contribution in [0.3, 0.4) is 0 Å². The quantitative estimate of drug-likeness (QED) is 0.865. The molecule has 0 saturated carbocycles. The van der Waals surface area contributed by atoms with E-state index in [1.165, 1.54) is 23.1 Å². The number of amides is 1. The lowest BCUT2D eigenvalue weighted by Gasteiger charge is -2.20. The molecule has 0 saturated heterocycles. The molecule has 0 aromatic heterocycles. The van der Waals surface area contributed by atoms with Crippen LogP contribution in [-0.4, -0.2) is 30.4 Å². The lowest BCUT2D eigenvalue weighted by molar-refractivity contribution is -0.130. The minimum absolute atomic E-state index is 0.0554. The normalized spacial score (nSPS) is 11.8. The molecule has 1 N–H and O–H groups in total. The molecule has 0 heterocycles. The molecule has 0 aliphatic rings. The van der Waals surface area contributed by atoms with Gasteiger partial charge < -0.3 is 10.2 Å². The van der Waals surface area contributed by atoms with Crippen molar-refractivity contribution in [1.29, 1.82) is 5.26 Å². The molecule has 1 atom stereocenters. The van der Waals surface area contributed by atoms with Crippen molar-refractivity contribution >= 4 is 5.91 Å². The fraction of sp³-hybridized carbons (Fsp3) is 0.467. The molecule has 5 heteroatoms. The molecule has 4 nitrogen and oxygen atoms in total. The Hall–Kier alpha value is -1.93. The van der Waals surface area contributed by atoms with Crippen LogP contribution in [-0.2, 0) is 11.3 Å². The Morgan fingerprint density at radius 1 is 1.55 bits per heavy atom. The molecule has 1 aromatic rings. The molecule has 0 fully saturated rings. The zero-order chi connectivity index (χ0) is 15.1. The summed E-state index contributed by atoms with van der Waals surface area (Å²) in [6.45, 7) is 4.88. The van der Waals surface area contributed by atoms with Crippen LogP contribution in [0.5, 0.6) is 0 Å². The Labute approximate surface area is 119 Å². The highest BCUT2D eigenvalue weighted by Crippen LogP contribution is 2.13. The van der Waals surface area contributed by atoms with Gasteiger partial charge in [0.2, 0.25) is 5.91 Å². The van der Waals surface area contributed by atoms with E-state index in [-0.39, 0.29) is 18.5 Å². The summed E-state index contributed by atoms with van der Waals surface area (Å²) in [6, 6.07) is 6.21. The number of halogens is 1. The highest BCUT2D eigenvalue weighted by atomic mass is 19.1. The van der Waals surface area contributed by atoms with Gasteiger partial charge in [-0.2, -0.15) is 5.26 Å². The van der Waals surface area contributed by atoms with Gasteiger partial charge in [-0.1, -0.05) is 6.92 Å². The second-order valence-corrected chi connectivity index (χ2v) is 4.83. The monoisotopic (exact) mass is 277 g/mol. The molecule has 0 radical (unpaired) electrons. The number of nitrogens with one attached hydrogen (secondary N) is 1. The highest BCUT2D eigenvalue weighted by molar-refractivity contribution is 5.76. The molecule has 0 aliphatic heterocycles. The number of nitriles is 1. The second-order valence-electron chi connectivity index (χ2n) is 4.83. The molecule has 1 aromatic carbocycles. The molecule has 1 unspecified atom stereocenters. The predicted molar refractivity (Wildman–Crippen MR) is 75.3 cm³/mol. The maximum absolute atomic E-state index is 13.7. The number of benzene rings is 1. The van der Waals surface area contributed by atoms with Crippen molar-refractivity contribution in [2.24, 2.45) is 0 Å². The number of rotatable bonds is 6. The number of carbonyl (C=O) groups is 1. The number of hydrogen-bond acceptors (Lipinski definition) is 3. The van der Waals surface area contributed by atoms with Crippen molar-refractivity contribution in [1.82, 2.24) is 10.2 Å². The molecule has 1 amide bonds. The fourth-order valence-electron chi connectivity index (χ4n) is 1.95. The van der Waals surface area contributed by atoms with Gasteiger partial charge in [0, 0.05) is 31.6 Å². The van der Waals surface area contributed by atoms with Crippen LogP contribution < -0.4 is 5.32 Å². The predicted octanol–water partition coefficient (Wildman–Crippen LogP) is 2.04. The highest BCUT2D eigenvalue weighted by Gasteiger charge is 2.15. The van der Waals surface area contributed by atoms with Gasteiger partial charge in [-0.05, 0) is 31.7 Å². The van der Waals surface area contributed by atoms with Gasteiger partial charge in [-0.3, -0.25) is 4.79 Å². The van der Waals surface area contributed by atoms with Gasteiger partial charge in [-0.15, -0.1) is 0 Å². The topological polar surface area (TPSA) is 56.1 Å².